The molecule has 2 aromatic carbocycles. The molecule has 2 aromatic rings. The van der Waals surface area contributed by atoms with E-state index in [1.165, 1.54) is 12.1 Å². The van der Waals surface area contributed by atoms with Crippen LogP contribution in [-0.2, 0) is 17.3 Å². The number of ether oxygens (including phenoxy) is 1. The Kier molecular flexibility index (Phi) is 6.87. The maximum absolute atomic E-state index is 12.6. The van der Waals surface area contributed by atoms with Crippen LogP contribution < -0.4 is 0 Å². The van der Waals surface area contributed by atoms with Crippen LogP contribution >= 0.6 is 0 Å². The highest BCUT2D eigenvalue weighted by molar-refractivity contribution is 5.89. The molecule has 31 heavy (non-hydrogen) atoms. The lowest BCUT2D eigenvalue weighted by atomic mass is 9.89. The molecule has 0 unspecified atom stereocenters. The summed E-state index contributed by atoms with van der Waals surface area (Å²) in [7, 11) is 0. The van der Waals surface area contributed by atoms with E-state index < -0.39 is 23.8 Å². The number of rotatable bonds is 5. The second-order valence-corrected chi connectivity index (χ2v) is 7.72. The molecule has 1 heterocycles. The number of halogens is 3. The number of aryl methyl sites for hydroxylation is 1. The number of carboxylic acids is 1. The van der Waals surface area contributed by atoms with Gasteiger partial charge < -0.3 is 14.7 Å². The first-order valence-corrected chi connectivity index (χ1v) is 10.1. The monoisotopic (exact) mass is 435 g/mol. The minimum atomic E-state index is -4.38. The molecule has 1 N–H and O–H groups in total. The number of alkyl halides is 3. The Hall–Kier alpha value is -3.03. The number of likely N-dealkylation sites (tertiary alicyclic amines) is 1. The van der Waals surface area contributed by atoms with Gasteiger partial charge in [-0.1, -0.05) is 24.3 Å². The first-order chi connectivity index (χ1) is 14.6. The number of carboxylic acid groups (broad SMARTS) is 1. The summed E-state index contributed by atoms with van der Waals surface area (Å²) in [5, 5.41) is 9.33. The zero-order valence-corrected chi connectivity index (χ0v) is 17.1. The lowest BCUT2D eigenvalue weighted by Gasteiger charge is -2.32. The molecular weight excluding hydrogens is 411 g/mol. The number of amides is 1. The van der Waals surface area contributed by atoms with Gasteiger partial charge in [-0.05, 0) is 54.7 Å². The average molecular weight is 435 g/mol. The van der Waals surface area contributed by atoms with Crippen LogP contribution in [0.5, 0.6) is 0 Å². The van der Waals surface area contributed by atoms with E-state index in [2.05, 4.69) is 0 Å². The van der Waals surface area contributed by atoms with Crippen molar-refractivity contribution in [2.75, 3.05) is 19.7 Å². The van der Waals surface area contributed by atoms with Crippen molar-refractivity contribution in [3.05, 3.63) is 70.3 Å². The third-order valence-corrected chi connectivity index (χ3v) is 5.54. The van der Waals surface area contributed by atoms with Crippen molar-refractivity contribution in [3.8, 4) is 0 Å². The summed E-state index contributed by atoms with van der Waals surface area (Å²) in [5.41, 5.74) is 1.76. The molecule has 0 saturated carbocycles. The number of nitrogens with zero attached hydrogens (tertiary/aromatic N) is 1. The van der Waals surface area contributed by atoms with Gasteiger partial charge in [0, 0.05) is 25.4 Å². The number of aromatic carboxylic acids is 1. The highest BCUT2D eigenvalue weighted by atomic mass is 19.4. The molecule has 1 saturated heterocycles. The van der Waals surface area contributed by atoms with E-state index in [0.29, 0.717) is 30.6 Å². The number of piperidine rings is 1. The molecule has 0 radical (unpaired) electrons. The predicted octanol–water partition coefficient (Wildman–Crippen LogP) is 5.27. The quantitative estimate of drug-likeness (QED) is 0.695. The lowest BCUT2D eigenvalue weighted by Crippen LogP contribution is -2.39. The van der Waals surface area contributed by atoms with Crippen molar-refractivity contribution in [2.45, 2.75) is 38.3 Å². The third kappa shape index (κ3) is 5.77. The molecule has 0 aromatic heterocycles. The summed E-state index contributed by atoms with van der Waals surface area (Å²) in [6.45, 7) is 2.79. The molecule has 0 spiro atoms. The Morgan fingerprint density at radius 1 is 1.16 bits per heavy atom. The largest absolute Gasteiger partial charge is 0.478 e. The maximum Gasteiger partial charge on any atom is 0.416 e. The maximum atomic E-state index is 12.6. The molecule has 1 atom stereocenters. The van der Waals surface area contributed by atoms with Crippen molar-refractivity contribution < 1.29 is 32.6 Å². The molecule has 8 heteroatoms. The van der Waals surface area contributed by atoms with Crippen molar-refractivity contribution in [2.24, 2.45) is 0 Å². The Morgan fingerprint density at radius 2 is 1.87 bits per heavy atom. The first kappa shape index (κ1) is 22.7. The summed E-state index contributed by atoms with van der Waals surface area (Å²) in [4.78, 5) is 25.4. The van der Waals surface area contributed by atoms with Gasteiger partial charge in [-0.25, -0.2) is 9.59 Å². The van der Waals surface area contributed by atoms with Crippen LogP contribution in [0.15, 0.2) is 42.5 Å². The fourth-order valence-electron chi connectivity index (χ4n) is 3.75. The van der Waals surface area contributed by atoms with Crippen LogP contribution in [-0.4, -0.2) is 41.8 Å². The summed E-state index contributed by atoms with van der Waals surface area (Å²) in [6.07, 6.45) is -2.91. The molecule has 1 fully saturated rings. The van der Waals surface area contributed by atoms with Crippen LogP contribution in [0.25, 0.3) is 0 Å². The Morgan fingerprint density at radius 3 is 2.52 bits per heavy atom. The summed E-state index contributed by atoms with van der Waals surface area (Å²) >= 11 is 0. The van der Waals surface area contributed by atoms with Gasteiger partial charge in [0.15, 0.2) is 0 Å². The Balaban J connectivity index is 1.54. The zero-order chi connectivity index (χ0) is 22.6. The van der Waals surface area contributed by atoms with Gasteiger partial charge >= 0.3 is 18.2 Å². The van der Waals surface area contributed by atoms with Crippen LogP contribution in [0.3, 0.4) is 0 Å². The average Bonchev–Trinajstić information content (AvgIpc) is 2.73. The predicted molar refractivity (Wildman–Crippen MR) is 108 cm³/mol. The van der Waals surface area contributed by atoms with E-state index in [4.69, 9.17) is 4.74 Å². The molecule has 3 rings (SSSR count). The van der Waals surface area contributed by atoms with Crippen LogP contribution in [0.2, 0.25) is 0 Å². The zero-order valence-electron chi connectivity index (χ0n) is 17.1. The van der Waals surface area contributed by atoms with Gasteiger partial charge in [0.05, 0.1) is 17.7 Å². The molecule has 1 amide bonds. The Bertz CT molecular complexity index is 941. The van der Waals surface area contributed by atoms with Gasteiger partial charge in [0.1, 0.15) is 0 Å². The van der Waals surface area contributed by atoms with Crippen LogP contribution in [0.1, 0.15) is 51.4 Å². The van der Waals surface area contributed by atoms with Crippen molar-refractivity contribution in [1.82, 2.24) is 4.90 Å². The molecule has 5 nitrogen and oxygen atoms in total. The molecule has 0 bridgehead atoms. The summed E-state index contributed by atoms with van der Waals surface area (Å²) < 4.78 is 43.2. The number of hydrogen-bond acceptors (Lipinski definition) is 3. The van der Waals surface area contributed by atoms with Gasteiger partial charge in [-0.15, -0.1) is 0 Å². The molecule has 1 aliphatic heterocycles. The van der Waals surface area contributed by atoms with Gasteiger partial charge in [0.2, 0.25) is 0 Å². The molecule has 166 valence electrons. The molecule has 1 aliphatic rings. The summed E-state index contributed by atoms with van der Waals surface area (Å²) in [6, 6.07) is 10.1. The van der Waals surface area contributed by atoms with Gasteiger partial charge in [0.25, 0.3) is 0 Å². The van der Waals surface area contributed by atoms with E-state index in [1.807, 2.05) is 6.07 Å². The third-order valence-electron chi connectivity index (χ3n) is 5.54. The highest BCUT2D eigenvalue weighted by Gasteiger charge is 2.30. The molecular formula is C23H24F3NO4. The van der Waals surface area contributed by atoms with Crippen LogP contribution in [0, 0.1) is 6.92 Å². The van der Waals surface area contributed by atoms with E-state index in [1.54, 1.807) is 24.0 Å². The van der Waals surface area contributed by atoms with E-state index in [0.717, 1.165) is 30.5 Å². The topological polar surface area (TPSA) is 66.8 Å². The number of carbonyl (C=O) groups is 2. The fraction of sp³-hybridized carbons (Fsp3) is 0.391. The van der Waals surface area contributed by atoms with Gasteiger partial charge in [-0.3, -0.25) is 0 Å². The summed E-state index contributed by atoms with van der Waals surface area (Å²) in [5.74, 6) is -0.954. The van der Waals surface area contributed by atoms with Crippen LogP contribution in [0.4, 0.5) is 18.0 Å². The Labute approximate surface area is 178 Å². The normalized spacial score (nSPS) is 16.8. The van der Waals surface area contributed by atoms with Crippen molar-refractivity contribution in [3.63, 3.8) is 0 Å². The first-order valence-electron chi connectivity index (χ1n) is 10.1. The second-order valence-electron chi connectivity index (χ2n) is 7.72. The lowest BCUT2D eigenvalue weighted by molar-refractivity contribution is -0.137. The second kappa shape index (κ2) is 9.41. The SMILES string of the molecule is Cc1ccc([C@@H]2CCCN(C(=O)OCCc3ccc(C(F)(F)F)cc3)C2)cc1C(=O)O. The van der Waals surface area contributed by atoms with E-state index in [-0.39, 0.29) is 18.1 Å². The fourth-order valence-corrected chi connectivity index (χ4v) is 3.75. The van der Waals surface area contributed by atoms with E-state index in [9.17, 15) is 27.9 Å². The standard InChI is InChI=1S/C23H24F3NO4/c1-15-4-7-17(13-20(15)21(28)29)18-3-2-11-27(14-18)22(30)31-12-10-16-5-8-19(9-6-16)23(24,25)26/h4-9,13,18H,2-3,10-12,14H2,1H3,(H,28,29)/t18-/m1/s1. The minimum Gasteiger partial charge on any atom is -0.478 e. The number of carbonyl (C=O) groups excluding carboxylic acids is 1. The van der Waals surface area contributed by atoms with Gasteiger partial charge in [-0.2, -0.15) is 13.2 Å². The van der Waals surface area contributed by atoms with Crippen molar-refractivity contribution in [1.29, 1.82) is 0 Å². The smallest absolute Gasteiger partial charge is 0.416 e. The minimum absolute atomic E-state index is 0.0231. The van der Waals surface area contributed by atoms with E-state index >= 15 is 0 Å². The molecule has 0 aliphatic carbocycles. The van der Waals surface area contributed by atoms with Crippen molar-refractivity contribution >= 4 is 12.1 Å². The number of benzene rings is 2. The number of hydrogen-bond donors (Lipinski definition) is 1. The highest BCUT2D eigenvalue weighted by Crippen LogP contribution is 2.30.